The number of hydrogen-bond donors (Lipinski definition) is 0. The molecule has 1 aliphatic rings. The molecule has 2 heterocycles. The van der Waals surface area contributed by atoms with Gasteiger partial charge in [0.1, 0.15) is 23.1 Å². The smallest absolute Gasteiger partial charge is 0.170 e. The first-order chi connectivity index (χ1) is 12.1. The molecule has 0 spiro atoms. The summed E-state index contributed by atoms with van der Waals surface area (Å²) in [5, 5.41) is 18.2. The van der Waals surface area contributed by atoms with Crippen molar-refractivity contribution < 1.29 is 9.47 Å². The summed E-state index contributed by atoms with van der Waals surface area (Å²) < 4.78 is 10.9. The number of nitriles is 1. The standard InChI is InChI=1S/C19H22N4O2/c1-12-13(2)21-22-19(16(12)11-20)23-9-5-6-17(23)15-8-7-14(24-3)10-18(15)25-4/h7-8,10,17H,5-6,9H2,1-4H3. The van der Waals surface area contributed by atoms with Gasteiger partial charge in [-0.15, -0.1) is 5.10 Å². The molecule has 2 aromatic rings. The molecule has 0 N–H and O–H groups in total. The van der Waals surface area contributed by atoms with Crippen LogP contribution in [0, 0.1) is 25.2 Å². The third-order valence-electron chi connectivity index (χ3n) is 4.87. The van der Waals surface area contributed by atoms with Crippen molar-refractivity contribution in [3.8, 4) is 17.6 Å². The molecule has 1 atom stereocenters. The number of anilines is 1. The van der Waals surface area contributed by atoms with Gasteiger partial charge in [-0.2, -0.15) is 10.4 Å². The van der Waals surface area contributed by atoms with Gasteiger partial charge in [0, 0.05) is 18.2 Å². The fraction of sp³-hybridized carbons (Fsp3) is 0.421. The van der Waals surface area contributed by atoms with Crippen molar-refractivity contribution in [1.29, 1.82) is 5.26 Å². The number of benzene rings is 1. The molecular formula is C19H22N4O2. The van der Waals surface area contributed by atoms with Gasteiger partial charge in [-0.05, 0) is 44.4 Å². The van der Waals surface area contributed by atoms with Crippen molar-refractivity contribution in [2.45, 2.75) is 32.7 Å². The van der Waals surface area contributed by atoms with Crippen LogP contribution in [0.15, 0.2) is 18.2 Å². The third kappa shape index (κ3) is 2.98. The summed E-state index contributed by atoms with van der Waals surface area (Å²) in [6.45, 7) is 4.64. The van der Waals surface area contributed by atoms with Gasteiger partial charge in [0.2, 0.25) is 0 Å². The van der Waals surface area contributed by atoms with Crippen LogP contribution in [-0.2, 0) is 0 Å². The maximum Gasteiger partial charge on any atom is 0.170 e. The van der Waals surface area contributed by atoms with E-state index in [1.165, 1.54) is 0 Å². The molecule has 6 heteroatoms. The molecule has 1 fully saturated rings. The molecule has 1 aromatic carbocycles. The zero-order chi connectivity index (χ0) is 18.0. The van der Waals surface area contributed by atoms with Gasteiger partial charge in [0.05, 0.1) is 26.0 Å². The quantitative estimate of drug-likeness (QED) is 0.851. The van der Waals surface area contributed by atoms with Gasteiger partial charge >= 0.3 is 0 Å². The highest BCUT2D eigenvalue weighted by molar-refractivity contribution is 5.60. The Morgan fingerprint density at radius 2 is 2.00 bits per heavy atom. The van der Waals surface area contributed by atoms with Crippen molar-refractivity contribution in [3.63, 3.8) is 0 Å². The fourth-order valence-electron chi connectivity index (χ4n) is 3.37. The van der Waals surface area contributed by atoms with Crippen molar-refractivity contribution in [2.24, 2.45) is 0 Å². The molecule has 1 aliphatic heterocycles. The Labute approximate surface area is 148 Å². The molecule has 0 saturated carbocycles. The maximum atomic E-state index is 9.62. The summed E-state index contributed by atoms with van der Waals surface area (Å²) in [5.74, 6) is 2.20. The Morgan fingerprint density at radius 3 is 2.68 bits per heavy atom. The summed E-state index contributed by atoms with van der Waals surface area (Å²) >= 11 is 0. The number of ether oxygens (including phenoxy) is 2. The molecule has 0 bridgehead atoms. The van der Waals surface area contributed by atoms with Crippen molar-refractivity contribution in [3.05, 3.63) is 40.6 Å². The van der Waals surface area contributed by atoms with E-state index in [9.17, 15) is 5.26 Å². The number of hydrogen-bond acceptors (Lipinski definition) is 6. The Bertz CT molecular complexity index is 829. The molecule has 0 radical (unpaired) electrons. The predicted molar refractivity (Wildman–Crippen MR) is 95.1 cm³/mol. The predicted octanol–water partition coefficient (Wildman–Crippen LogP) is 3.32. The number of nitrogens with zero attached hydrogens (tertiary/aromatic N) is 4. The molecule has 25 heavy (non-hydrogen) atoms. The second-order valence-corrected chi connectivity index (χ2v) is 6.18. The average molecular weight is 338 g/mol. The van der Waals surface area contributed by atoms with Crippen LogP contribution in [0.2, 0.25) is 0 Å². The summed E-state index contributed by atoms with van der Waals surface area (Å²) in [6.07, 6.45) is 2.00. The monoisotopic (exact) mass is 338 g/mol. The molecular weight excluding hydrogens is 316 g/mol. The first-order valence-electron chi connectivity index (χ1n) is 8.33. The van der Waals surface area contributed by atoms with E-state index in [4.69, 9.17) is 9.47 Å². The first kappa shape index (κ1) is 17.0. The van der Waals surface area contributed by atoms with Crippen LogP contribution in [0.3, 0.4) is 0 Å². The minimum atomic E-state index is 0.101. The van der Waals surface area contributed by atoms with E-state index in [1.807, 2.05) is 32.0 Å². The Hall–Kier alpha value is -2.81. The fourth-order valence-corrected chi connectivity index (χ4v) is 3.37. The molecule has 0 aliphatic carbocycles. The lowest BCUT2D eigenvalue weighted by Crippen LogP contribution is -2.26. The molecule has 0 amide bonds. The van der Waals surface area contributed by atoms with Gasteiger partial charge in [-0.1, -0.05) is 0 Å². The van der Waals surface area contributed by atoms with E-state index in [2.05, 4.69) is 21.2 Å². The largest absolute Gasteiger partial charge is 0.497 e. The van der Waals surface area contributed by atoms with Crippen molar-refractivity contribution in [2.75, 3.05) is 25.7 Å². The Morgan fingerprint density at radius 1 is 1.20 bits per heavy atom. The highest BCUT2D eigenvalue weighted by Crippen LogP contribution is 2.41. The molecule has 130 valence electrons. The maximum absolute atomic E-state index is 9.62. The van der Waals surface area contributed by atoms with Crippen LogP contribution in [0.1, 0.15) is 41.3 Å². The molecule has 3 rings (SSSR count). The average Bonchev–Trinajstić information content (AvgIpc) is 3.12. The summed E-state index contributed by atoms with van der Waals surface area (Å²) in [4.78, 5) is 2.17. The second-order valence-electron chi connectivity index (χ2n) is 6.18. The highest BCUT2D eigenvalue weighted by Gasteiger charge is 2.32. The van der Waals surface area contributed by atoms with E-state index in [1.54, 1.807) is 14.2 Å². The number of methoxy groups -OCH3 is 2. The van der Waals surface area contributed by atoms with E-state index in [-0.39, 0.29) is 6.04 Å². The van der Waals surface area contributed by atoms with Crippen LogP contribution in [-0.4, -0.2) is 31.0 Å². The molecule has 6 nitrogen and oxygen atoms in total. The van der Waals surface area contributed by atoms with Gasteiger partial charge < -0.3 is 14.4 Å². The van der Waals surface area contributed by atoms with Gasteiger partial charge in [0.15, 0.2) is 5.82 Å². The molecule has 1 unspecified atom stereocenters. The Kier molecular flexibility index (Phi) is 4.75. The highest BCUT2D eigenvalue weighted by atomic mass is 16.5. The minimum absolute atomic E-state index is 0.101. The summed E-state index contributed by atoms with van der Waals surface area (Å²) in [7, 11) is 3.30. The van der Waals surface area contributed by atoms with Gasteiger partial charge in [0.25, 0.3) is 0 Å². The lowest BCUT2D eigenvalue weighted by Gasteiger charge is -2.28. The van der Waals surface area contributed by atoms with Crippen LogP contribution < -0.4 is 14.4 Å². The minimum Gasteiger partial charge on any atom is -0.497 e. The number of rotatable bonds is 4. The van der Waals surface area contributed by atoms with Crippen molar-refractivity contribution >= 4 is 5.82 Å². The summed E-state index contributed by atoms with van der Waals surface area (Å²) in [6, 6.07) is 8.26. The van der Waals surface area contributed by atoms with E-state index >= 15 is 0 Å². The zero-order valence-electron chi connectivity index (χ0n) is 15.0. The topological polar surface area (TPSA) is 71.3 Å². The third-order valence-corrected chi connectivity index (χ3v) is 4.87. The number of aryl methyl sites for hydroxylation is 1. The van der Waals surface area contributed by atoms with Gasteiger partial charge in [-0.25, -0.2) is 0 Å². The lowest BCUT2D eigenvalue weighted by atomic mass is 10.0. The first-order valence-corrected chi connectivity index (χ1v) is 8.33. The van der Waals surface area contributed by atoms with Gasteiger partial charge in [-0.3, -0.25) is 0 Å². The van der Waals surface area contributed by atoms with Crippen LogP contribution >= 0.6 is 0 Å². The van der Waals surface area contributed by atoms with Crippen LogP contribution in [0.4, 0.5) is 5.82 Å². The number of aromatic nitrogens is 2. The van der Waals surface area contributed by atoms with Crippen LogP contribution in [0.25, 0.3) is 0 Å². The van der Waals surface area contributed by atoms with E-state index < -0.39 is 0 Å². The normalized spacial score (nSPS) is 16.6. The lowest BCUT2D eigenvalue weighted by molar-refractivity contribution is 0.388. The van der Waals surface area contributed by atoms with E-state index in [0.717, 1.165) is 47.7 Å². The SMILES string of the molecule is COc1ccc(C2CCCN2c2nnc(C)c(C)c2C#N)c(OC)c1. The van der Waals surface area contributed by atoms with Crippen molar-refractivity contribution in [1.82, 2.24) is 10.2 Å². The second kappa shape index (κ2) is 6.98. The molecule has 1 aromatic heterocycles. The van der Waals surface area contributed by atoms with Crippen LogP contribution in [0.5, 0.6) is 11.5 Å². The Balaban J connectivity index is 2.06. The zero-order valence-corrected chi connectivity index (χ0v) is 15.0. The van der Waals surface area contributed by atoms with E-state index in [0.29, 0.717) is 11.4 Å². The summed E-state index contributed by atoms with van der Waals surface area (Å²) in [5.41, 5.74) is 3.36. The molecule has 1 saturated heterocycles.